The first-order chi connectivity index (χ1) is 9.92. The fraction of sp³-hybridized carbons (Fsp3) is 0.308. The monoisotopic (exact) mass is 328 g/mol. The Balaban J connectivity index is 2.04. The van der Waals surface area contributed by atoms with Gasteiger partial charge in [-0.1, -0.05) is 11.6 Å². The minimum absolute atomic E-state index is 0.161. The molecule has 21 heavy (non-hydrogen) atoms. The summed E-state index contributed by atoms with van der Waals surface area (Å²) >= 11 is 5.93. The molecule has 2 aromatic rings. The van der Waals surface area contributed by atoms with Crippen LogP contribution in [0.3, 0.4) is 0 Å². The van der Waals surface area contributed by atoms with Crippen LogP contribution < -0.4 is 10.5 Å². The molecule has 0 bridgehead atoms. The molecule has 0 aliphatic carbocycles. The summed E-state index contributed by atoms with van der Waals surface area (Å²) in [7, 11) is -1.76. The third kappa shape index (κ3) is 4.04. The van der Waals surface area contributed by atoms with Gasteiger partial charge in [0.1, 0.15) is 0 Å². The fourth-order valence-corrected chi connectivity index (χ4v) is 3.14. The van der Waals surface area contributed by atoms with Crippen LogP contribution in [0.5, 0.6) is 0 Å². The maximum absolute atomic E-state index is 12.2. The normalized spacial score (nSPS) is 11.8. The second kappa shape index (κ2) is 6.57. The van der Waals surface area contributed by atoms with Crippen molar-refractivity contribution in [1.82, 2.24) is 14.5 Å². The van der Waals surface area contributed by atoms with Crippen molar-refractivity contribution in [1.29, 1.82) is 0 Å². The van der Waals surface area contributed by atoms with Crippen molar-refractivity contribution in [3.63, 3.8) is 0 Å². The average molecular weight is 329 g/mol. The number of hydrogen-bond donors (Lipinski definition) is 2. The number of rotatable bonds is 6. The van der Waals surface area contributed by atoms with Gasteiger partial charge in [-0.05, 0) is 29.8 Å². The maximum Gasteiger partial charge on any atom is 0.240 e. The maximum atomic E-state index is 12.2. The number of nitrogens with one attached hydrogen (secondary N) is 1. The van der Waals surface area contributed by atoms with Crippen molar-refractivity contribution in [2.24, 2.45) is 12.8 Å². The Bertz CT molecular complexity index is 728. The van der Waals surface area contributed by atoms with Crippen LogP contribution in [-0.2, 0) is 30.0 Å². The number of aryl methyl sites for hydroxylation is 1. The molecule has 0 unspecified atom stereocenters. The van der Waals surface area contributed by atoms with E-state index in [-0.39, 0.29) is 18.0 Å². The van der Waals surface area contributed by atoms with E-state index in [2.05, 4.69) is 9.82 Å². The average Bonchev–Trinajstić information content (AvgIpc) is 2.84. The highest BCUT2D eigenvalue weighted by Crippen LogP contribution is 2.19. The van der Waals surface area contributed by atoms with Gasteiger partial charge in [-0.15, -0.1) is 0 Å². The fourth-order valence-electron chi connectivity index (χ4n) is 1.87. The van der Waals surface area contributed by atoms with Crippen molar-refractivity contribution in [3.05, 3.63) is 46.7 Å². The van der Waals surface area contributed by atoms with E-state index in [1.54, 1.807) is 4.68 Å². The largest absolute Gasteiger partial charge is 0.326 e. The van der Waals surface area contributed by atoms with E-state index >= 15 is 0 Å². The van der Waals surface area contributed by atoms with Crippen LogP contribution in [0, 0.1) is 0 Å². The molecule has 0 aliphatic rings. The van der Waals surface area contributed by atoms with Crippen LogP contribution in [0.15, 0.2) is 35.4 Å². The standard InChI is InChI=1S/C13H17ClN4O2S/c1-18-7-5-11(17-18)4-6-16-21(19,20)12-2-3-13(14)10(8-12)9-15/h2-3,5,7-8,16H,4,6,9,15H2,1H3. The zero-order valence-corrected chi connectivity index (χ0v) is 13.2. The molecule has 8 heteroatoms. The highest BCUT2D eigenvalue weighted by molar-refractivity contribution is 7.89. The smallest absolute Gasteiger partial charge is 0.240 e. The lowest BCUT2D eigenvalue weighted by Gasteiger charge is -2.08. The van der Waals surface area contributed by atoms with Gasteiger partial charge < -0.3 is 5.73 Å². The predicted molar refractivity (Wildman–Crippen MR) is 81.4 cm³/mol. The molecular weight excluding hydrogens is 312 g/mol. The molecule has 3 N–H and O–H groups in total. The first-order valence-electron chi connectivity index (χ1n) is 6.39. The van der Waals surface area contributed by atoms with Gasteiger partial charge in [-0.2, -0.15) is 5.10 Å². The van der Waals surface area contributed by atoms with E-state index in [0.717, 1.165) is 5.69 Å². The molecule has 0 radical (unpaired) electrons. The summed E-state index contributed by atoms with van der Waals surface area (Å²) < 4.78 is 28.6. The van der Waals surface area contributed by atoms with E-state index in [1.807, 2.05) is 19.3 Å². The van der Waals surface area contributed by atoms with Crippen LogP contribution in [0.2, 0.25) is 5.02 Å². The Morgan fingerprint density at radius 1 is 1.38 bits per heavy atom. The Hall–Kier alpha value is -1.41. The van der Waals surface area contributed by atoms with Crippen LogP contribution in [0.25, 0.3) is 0 Å². The van der Waals surface area contributed by atoms with E-state index in [4.69, 9.17) is 17.3 Å². The third-order valence-corrected chi connectivity index (χ3v) is 4.82. The minimum atomic E-state index is -3.57. The summed E-state index contributed by atoms with van der Waals surface area (Å²) in [5.74, 6) is 0. The number of benzene rings is 1. The van der Waals surface area contributed by atoms with Gasteiger partial charge >= 0.3 is 0 Å². The molecule has 2 rings (SSSR count). The van der Waals surface area contributed by atoms with Crippen LogP contribution in [0.1, 0.15) is 11.3 Å². The first-order valence-corrected chi connectivity index (χ1v) is 8.25. The Labute approximate surface area is 129 Å². The summed E-state index contributed by atoms with van der Waals surface area (Å²) in [5, 5.41) is 4.65. The second-order valence-corrected chi connectivity index (χ2v) is 6.76. The summed E-state index contributed by atoms with van der Waals surface area (Å²) in [6.07, 6.45) is 2.34. The molecule has 0 atom stereocenters. The molecule has 0 spiro atoms. The summed E-state index contributed by atoms with van der Waals surface area (Å²) in [6.45, 7) is 0.468. The van der Waals surface area contributed by atoms with Gasteiger partial charge in [-0.25, -0.2) is 13.1 Å². The van der Waals surface area contributed by atoms with Gasteiger partial charge in [-0.3, -0.25) is 4.68 Å². The minimum Gasteiger partial charge on any atom is -0.326 e. The molecule has 0 aliphatic heterocycles. The zero-order chi connectivity index (χ0) is 15.5. The van der Waals surface area contributed by atoms with Crippen LogP contribution in [-0.4, -0.2) is 24.7 Å². The Kier molecular flexibility index (Phi) is 5.00. The van der Waals surface area contributed by atoms with Crippen molar-refractivity contribution >= 4 is 21.6 Å². The quantitative estimate of drug-likeness (QED) is 0.829. The highest BCUT2D eigenvalue weighted by Gasteiger charge is 2.15. The van der Waals surface area contributed by atoms with Crippen molar-refractivity contribution in [2.75, 3.05) is 6.54 Å². The molecule has 0 fully saturated rings. The Morgan fingerprint density at radius 3 is 2.76 bits per heavy atom. The summed E-state index contributed by atoms with van der Waals surface area (Å²) in [4.78, 5) is 0.161. The van der Waals surface area contributed by atoms with E-state index in [0.29, 0.717) is 17.0 Å². The van der Waals surface area contributed by atoms with Gasteiger partial charge in [0.05, 0.1) is 10.6 Å². The number of nitrogens with two attached hydrogens (primary N) is 1. The zero-order valence-electron chi connectivity index (χ0n) is 11.6. The van der Waals surface area contributed by atoms with Gasteiger partial charge in [0.15, 0.2) is 0 Å². The van der Waals surface area contributed by atoms with Crippen molar-refractivity contribution < 1.29 is 8.42 Å². The number of aromatic nitrogens is 2. The molecule has 1 heterocycles. The van der Waals surface area contributed by atoms with Crippen LogP contribution in [0.4, 0.5) is 0 Å². The third-order valence-electron chi connectivity index (χ3n) is 2.99. The van der Waals surface area contributed by atoms with Gasteiger partial charge in [0.25, 0.3) is 0 Å². The first kappa shape index (κ1) is 16.0. The highest BCUT2D eigenvalue weighted by atomic mass is 35.5. The predicted octanol–water partition coefficient (Wildman–Crippen LogP) is 1.05. The summed E-state index contributed by atoms with van der Waals surface area (Å²) in [6, 6.07) is 6.34. The molecule has 114 valence electrons. The SMILES string of the molecule is Cn1ccc(CCNS(=O)(=O)c2ccc(Cl)c(CN)c2)n1. The topological polar surface area (TPSA) is 90.0 Å². The van der Waals surface area contributed by atoms with Crippen molar-refractivity contribution in [2.45, 2.75) is 17.9 Å². The molecular formula is C13H17ClN4O2S. The van der Waals surface area contributed by atoms with E-state index < -0.39 is 10.0 Å². The summed E-state index contributed by atoms with van der Waals surface area (Å²) in [5.41, 5.74) is 6.96. The Morgan fingerprint density at radius 2 is 2.14 bits per heavy atom. The molecule has 0 saturated carbocycles. The lowest BCUT2D eigenvalue weighted by Crippen LogP contribution is -2.26. The number of halogens is 1. The molecule has 0 amide bonds. The molecule has 1 aromatic carbocycles. The van der Waals surface area contributed by atoms with E-state index in [1.165, 1.54) is 18.2 Å². The molecule has 1 aromatic heterocycles. The second-order valence-electron chi connectivity index (χ2n) is 4.59. The lowest BCUT2D eigenvalue weighted by molar-refractivity contribution is 0.581. The van der Waals surface area contributed by atoms with Crippen LogP contribution >= 0.6 is 11.6 Å². The van der Waals surface area contributed by atoms with E-state index in [9.17, 15) is 8.42 Å². The number of sulfonamides is 1. The van der Waals surface area contributed by atoms with Crippen molar-refractivity contribution in [3.8, 4) is 0 Å². The van der Waals surface area contributed by atoms with Gasteiger partial charge in [0, 0.05) is 37.8 Å². The lowest BCUT2D eigenvalue weighted by atomic mass is 10.2. The molecule has 0 saturated heterocycles. The van der Waals surface area contributed by atoms with Gasteiger partial charge in [0.2, 0.25) is 10.0 Å². The number of nitrogens with zero attached hydrogens (tertiary/aromatic N) is 2. The molecule has 6 nitrogen and oxygen atoms in total. The number of hydrogen-bond acceptors (Lipinski definition) is 4.